The number of hydrogen-bond donors (Lipinski definition) is 2. The highest BCUT2D eigenvalue weighted by Gasteiger charge is 2.13. The molecule has 0 bridgehead atoms. The lowest BCUT2D eigenvalue weighted by molar-refractivity contribution is -0.113. The molecule has 23 heavy (non-hydrogen) atoms. The fourth-order valence-electron chi connectivity index (χ4n) is 1.91. The summed E-state index contributed by atoms with van der Waals surface area (Å²) < 4.78 is 1.79. The number of aliphatic hydroxyl groups excluding tert-OH is 1. The number of rotatable bonds is 6. The standard InChI is InChI=1S/C15H19ClN4O2S/c1-9-4-5-11(7-12(9)16)17-14(22)8-23-15-19-18-13(20(15)3)6-10(2)21/h4-5,7,10,21H,6,8H2,1-3H3,(H,17,22)/t10-/m1/s1. The number of anilines is 1. The molecular weight excluding hydrogens is 336 g/mol. The van der Waals surface area contributed by atoms with Crippen LogP contribution in [0.3, 0.4) is 0 Å². The molecule has 1 aromatic carbocycles. The molecule has 1 aromatic heterocycles. The predicted octanol–water partition coefficient (Wildman–Crippen LogP) is 2.43. The first-order valence-electron chi connectivity index (χ1n) is 7.12. The zero-order valence-electron chi connectivity index (χ0n) is 13.2. The van der Waals surface area contributed by atoms with Gasteiger partial charge in [0.15, 0.2) is 5.16 Å². The number of halogens is 1. The maximum Gasteiger partial charge on any atom is 0.234 e. The zero-order valence-corrected chi connectivity index (χ0v) is 14.8. The summed E-state index contributed by atoms with van der Waals surface area (Å²) in [7, 11) is 1.82. The molecule has 0 saturated carbocycles. The number of nitrogens with zero attached hydrogens (tertiary/aromatic N) is 3. The lowest BCUT2D eigenvalue weighted by Gasteiger charge is -2.07. The fraction of sp³-hybridized carbons (Fsp3) is 0.400. The van der Waals surface area contributed by atoms with Gasteiger partial charge in [0.05, 0.1) is 11.9 Å². The Balaban J connectivity index is 1.91. The molecule has 0 unspecified atom stereocenters. The quantitative estimate of drug-likeness (QED) is 0.779. The Bertz CT molecular complexity index is 703. The summed E-state index contributed by atoms with van der Waals surface area (Å²) in [5.74, 6) is 0.759. The number of nitrogens with one attached hydrogen (secondary N) is 1. The molecule has 0 aliphatic carbocycles. The molecule has 0 spiro atoms. The van der Waals surface area contributed by atoms with Gasteiger partial charge in [-0.05, 0) is 31.5 Å². The molecule has 2 rings (SSSR count). The van der Waals surface area contributed by atoms with Crippen molar-refractivity contribution in [3.05, 3.63) is 34.6 Å². The molecule has 0 fully saturated rings. The van der Waals surface area contributed by atoms with Gasteiger partial charge < -0.3 is 15.0 Å². The Kier molecular flexibility index (Phi) is 6.04. The van der Waals surface area contributed by atoms with Gasteiger partial charge in [-0.25, -0.2) is 0 Å². The van der Waals surface area contributed by atoms with E-state index in [0.717, 1.165) is 5.56 Å². The van der Waals surface area contributed by atoms with E-state index in [4.69, 9.17) is 11.6 Å². The molecule has 1 heterocycles. The second kappa shape index (κ2) is 7.81. The summed E-state index contributed by atoms with van der Waals surface area (Å²) in [6.45, 7) is 3.60. The third-order valence-electron chi connectivity index (χ3n) is 3.19. The van der Waals surface area contributed by atoms with Crippen LogP contribution in [0.25, 0.3) is 0 Å². The molecule has 6 nitrogen and oxygen atoms in total. The molecule has 0 saturated heterocycles. The van der Waals surface area contributed by atoms with E-state index in [0.29, 0.717) is 28.1 Å². The number of benzene rings is 1. The summed E-state index contributed by atoms with van der Waals surface area (Å²) in [5, 5.41) is 21.5. The van der Waals surface area contributed by atoms with E-state index in [-0.39, 0.29) is 11.7 Å². The Morgan fingerprint density at radius 2 is 2.22 bits per heavy atom. The summed E-state index contributed by atoms with van der Waals surface area (Å²) in [4.78, 5) is 12.0. The molecule has 0 radical (unpaired) electrons. The van der Waals surface area contributed by atoms with E-state index >= 15 is 0 Å². The summed E-state index contributed by atoms with van der Waals surface area (Å²) in [6.07, 6.45) is -0.0525. The maximum atomic E-state index is 12.0. The molecule has 0 aliphatic heterocycles. The fourth-order valence-corrected chi connectivity index (χ4v) is 2.82. The van der Waals surface area contributed by atoms with Crippen LogP contribution in [0, 0.1) is 6.92 Å². The third kappa shape index (κ3) is 4.95. The molecule has 2 N–H and O–H groups in total. The molecular formula is C15H19ClN4O2S. The van der Waals surface area contributed by atoms with Gasteiger partial charge in [0.1, 0.15) is 5.82 Å². The van der Waals surface area contributed by atoms with Crippen LogP contribution in [-0.2, 0) is 18.3 Å². The Hall–Kier alpha value is -1.57. The van der Waals surface area contributed by atoms with E-state index in [1.807, 2.05) is 26.1 Å². The van der Waals surface area contributed by atoms with Gasteiger partial charge in [-0.3, -0.25) is 4.79 Å². The average Bonchev–Trinajstić information content (AvgIpc) is 2.81. The van der Waals surface area contributed by atoms with Crippen LogP contribution in [0.2, 0.25) is 5.02 Å². The number of aliphatic hydroxyl groups is 1. The molecule has 1 atom stereocenters. The van der Waals surface area contributed by atoms with Crippen molar-refractivity contribution in [2.45, 2.75) is 31.5 Å². The first kappa shape index (κ1) is 17.8. The van der Waals surface area contributed by atoms with Crippen molar-refractivity contribution in [2.24, 2.45) is 7.05 Å². The summed E-state index contributed by atoms with van der Waals surface area (Å²) in [5.41, 5.74) is 1.63. The highest BCUT2D eigenvalue weighted by molar-refractivity contribution is 7.99. The van der Waals surface area contributed by atoms with E-state index in [9.17, 15) is 9.90 Å². The first-order chi connectivity index (χ1) is 10.9. The van der Waals surface area contributed by atoms with Crippen LogP contribution in [0.4, 0.5) is 5.69 Å². The second-order valence-electron chi connectivity index (χ2n) is 5.31. The largest absolute Gasteiger partial charge is 0.393 e. The van der Waals surface area contributed by atoms with Crippen LogP contribution in [0.5, 0.6) is 0 Å². The zero-order chi connectivity index (χ0) is 17.0. The average molecular weight is 355 g/mol. The van der Waals surface area contributed by atoms with Crippen LogP contribution in [-0.4, -0.2) is 37.6 Å². The predicted molar refractivity (Wildman–Crippen MR) is 91.9 cm³/mol. The summed E-state index contributed by atoms with van der Waals surface area (Å²) >= 11 is 7.33. The maximum absolute atomic E-state index is 12.0. The number of aryl methyl sites for hydroxylation is 1. The van der Waals surface area contributed by atoms with Crippen molar-refractivity contribution in [3.63, 3.8) is 0 Å². The number of thioether (sulfide) groups is 1. The van der Waals surface area contributed by atoms with Crippen LogP contribution in [0.1, 0.15) is 18.3 Å². The van der Waals surface area contributed by atoms with Crippen molar-refractivity contribution in [3.8, 4) is 0 Å². The molecule has 0 aliphatic rings. The monoisotopic (exact) mass is 354 g/mol. The highest BCUT2D eigenvalue weighted by Crippen LogP contribution is 2.21. The normalized spacial score (nSPS) is 12.2. The number of amides is 1. The summed E-state index contributed by atoms with van der Waals surface area (Å²) in [6, 6.07) is 5.39. The van der Waals surface area contributed by atoms with Crippen molar-refractivity contribution in [1.29, 1.82) is 0 Å². The van der Waals surface area contributed by atoms with Gasteiger partial charge in [-0.15, -0.1) is 10.2 Å². The van der Waals surface area contributed by atoms with Crippen LogP contribution in [0.15, 0.2) is 23.4 Å². The second-order valence-corrected chi connectivity index (χ2v) is 6.66. The topological polar surface area (TPSA) is 80.0 Å². The highest BCUT2D eigenvalue weighted by atomic mass is 35.5. The van der Waals surface area contributed by atoms with E-state index in [1.54, 1.807) is 17.6 Å². The number of hydrogen-bond acceptors (Lipinski definition) is 5. The first-order valence-corrected chi connectivity index (χ1v) is 8.48. The molecule has 124 valence electrons. The minimum absolute atomic E-state index is 0.144. The van der Waals surface area contributed by atoms with E-state index in [1.165, 1.54) is 11.8 Å². The number of carbonyl (C=O) groups is 1. The van der Waals surface area contributed by atoms with E-state index < -0.39 is 6.10 Å². The Morgan fingerprint density at radius 1 is 1.48 bits per heavy atom. The smallest absolute Gasteiger partial charge is 0.234 e. The van der Waals surface area contributed by atoms with Gasteiger partial charge in [0, 0.05) is 24.2 Å². The Labute approximate surface area is 144 Å². The van der Waals surface area contributed by atoms with Crippen molar-refractivity contribution in [1.82, 2.24) is 14.8 Å². The molecule has 8 heteroatoms. The molecule has 1 amide bonds. The SMILES string of the molecule is Cc1ccc(NC(=O)CSc2nnc(C[C@@H](C)O)n2C)cc1Cl. The number of carbonyl (C=O) groups excluding carboxylic acids is 1. The minimum Gasteiger partial charge on any atom is -0.393 e. The lowest BCUT2D eigenvalue weighted by Crippen LogP contribution is -2.14. The van der Waals surface area contributed by atoms with Crippen LogP contribution >= 0.6 is 23.4 Å². The lowest BCUT2D eigenvalue weighted by atomic mass is 10.2. The van der Waals surface area contributed by atoms with E-state index in [2.05, 4.69) is 15.5 Å². The van der Waals surface area contributed by atoms with Gasteiger partial charge in [0.25, 0.3) is 0 Å². The third-order valence-corrected chi connectivity index (χ3v) is 4.62. The van der Waals surface area contributed by atoms with Gasteiger partial charge in [0.2, 0.25) is 5.91 Å². The van der Waals surface area contributed by atoms with Crippen molar-refractivity contribution in [2.75, 3.05) is 11.1 Å². The van der Waals surface area contributed by atoms with Crippen molar-refractivity contribution < 1.29 is 9.90 Å². The Morgan fingerprint density at radius 3 is 2.87 bits per heavy atom. The van der Waals surface area contributed by atoms with Crippen LogP contribution < -0.4 is 5.32 Å². The minimum atomic E-state index is -0.481. The van der Waals surface area contributed by atoms with Gasteiger partial charge in [-0.2, -0.15) is 0 Å². The molecule has 2 aromatic rings. The van der Waals surface area contributed by atoms with Crippen molar-refractivity contribution >= 4 is 35.0 Å². The number of aromatic nitrogens is 3. The van der Waals surface area contributed by atoms with Gasteiger partial charge in [-0.1, -0.05) is 29.4 Å². The van der Waals surface area contributed by atoms with Gasteiger partial charge >= 0.3 is 0 Å².